The normalized spacial score (nSPS) is 16.0. The van der Waals surface area contributed by atoms with Gasteiger partial charge in [0, 0.05) is 43.1 Å². The third kappa shape index (κ3) is 2.38. The number of rotatable bonds is 3. The Morgan fingerprint density at radius 1 is 1.29 bits per heavy atom. The maximum atomic E-state index is 12.4. The van der Waals surface area contributed by atoms with E-state index < -0.39 is 0 Å². The van der Waals surface area contributed by atoms with Crippen molar-refractivity contribution in [3.8, 4) is 11.3 Å². The van der Waals surface area contributed by atoms with E-state index in [9.17, 15) is 9.59 Å². The second-order valence-corrected chi connectivity index (χ2v) is 5.99. The summed E-state index contributed by atoms with van der Waals surface area (Å²) in [7, 11) is 0. The van der Waals surface area contributed by atoms with Gasteiger partial charge in [0.2, 0.25) is 5.91 Å². The first-order valence-corrected chi connectivity index (χ1v) is 7.96. The standard InChI is InChI=1S/C17H17N5O2/c1-11(21-7-3-5-16(21)23)13-9-17(24)22-15(19-13)8-14(20-22)12-4-2-6-18-10-12/h2,4,6,8-11,20H,3,5,7H2,1H3. The molecule has 3 aromatic heterocycles. The van der Waals surface area contributed by atoms with Crippen LogP contribution in [0.5, 0.6) is 0 Å². The highest BCUT2D eigenvalue weighted by molar-refractivity contribution is 5.78. The predicted molar refractivity (Wildman–Crippen MR) is 88.4 cm³/mol. The van der Waals surface area contributed by atoms with Gasteiger partial charge in [-0.15, -0.1) is 0 Å². The molecule has 0 aromatic carbocycles. The van der Waals surface area contributed by atoms with E-state index in [4.69, 9.17) is 0 Å². The SMILES string of the molecule is CC(c1cc(=O)n2[nH]c(-c3cccnc3)cc2n1)N1CCCC1=O. The molecule has 1 aliphatic rings. The van der Waals surface area contributed by atoms with Crippen LogP contribution in [-0.2, 0) is 4.79 Å². The molecule has 7 nitrogen and oxygen atoms in total. The van der Waals surface area contributed by atoms with Gasteiger partial charge in [-0.3, -0.25) is 19.7 Å². The molecule has 4 rings (SSSR count). The van der Waals surface area contributed by atoms with Gasteiger partial charge in [-0.05, 0) is 25.5 Å². The molecule has 1 amide bonds. The first-order chi connectivity index (χ1) is 11.6. The summed E-state index contributed by atoms with van der Waals surface area (Å²) in [6, 6.07) is 6.86. The number of fused-ring (bicyclic) bond motifs is 1. The molecule has 24 heavy (non-hydrogen) atoms. The van der Waals surface area contributed by atoms with Gasteiger partial charge in [-0.25, -0.2) is 9.50 Å². The topological polar surface area (TPSA) is 83.4 Å². The molecular weight excluding hydrogens is 306 g/mol. The van der Waals surface area contributed by atoms with Crippen molar-refractivity contribution in [2.45, 2.75) is 25.8 Å². The Bertz CT molecular complexity index is 960. The fraction of sp³-hybridized carbons (Fsp3) is 0.294. The Hall–Kier alpha value is -2.96. The Kier molecular flexibility index (Phi) is 3.41. The highest BCUT2D eigenvalue weighted by atomic mass is 16.2. The van der Waals surface area contributed by atoms with E-state index in [0.29, 0.717) is 17.8 Å². The van der Waals surface area contributed by atoms with E-state index in [1.165, 1.54) is 10.6 Å². The fourth-order valence-corrected chi connectivity index (χ4v) is 3.13. The van der Waals surface area contributed by atoms with Crippen LogP contribution >= 0.6 is 0 Å². The van der Waals surface area contributed by atoms with Crippen LogP contribution in [-0.4, -0.2) is 36.9 Å². The van der Waals surface area contributed by atoms with Gasteiger partial charge in [-0.2, -0.15) is 0 Å². The average molecular weight is 323 g/mol. The van der Waals surface area contributed by atoms with Crippen molar-refractivity contribution in [1.29, 1.82) is 0 Å². The quantitative estimate of drug-likeness (QED) is 0.796. The van der Waals surface area contributed by atoms with E-state index in [0.717, 1.165) is 24.2 Å². The van der Waals surface area contributed by atoms with Crippen molar-refractivity contribution < 1.29 is 4.79 Å². The molecule has 1 fully saturated rings. The minimum Gasteiger partial charge on any atom is -0.334 e. The van der Waals surface area contributed by atoms with Gasteiger partial charge >= 0.3 is 0 Å². The monoisotopic (exact) mass is 323 g/mol. The van der Waals surface area contributed by atoms with E-state index in [2.05, 4.69) is 15.1 Å². The highest BCUT2D eigenvalue weighted by Gasteiger charge is 2.27. The van der Waals surface area contributed by atoms with Crippen molar-refractivity contribution in [3.63, 3.8) is 0 Å². The largest absolute Gasteiger partial charge is 0.334 e. The molecule has 0 aliphatic carbocycles. The zero-order valence-electron chi connectivity index (χ0n) is 13.3. The molecule has 4 heterocycles. The smallest absolute Gasteiger partial charge is 0.272 e. The zero-order chi connectivity index (χ0) is 16.7. The summed E-state index contributed by atoms with van der Waals surface area (Å²) in [6.45, 7) is 2.63. The minimum atomic E-state index is -0.200. The summed E-state index contributed by atoms with van der Waals surface area (Å²) in [5, 5.41) is 3.05. The molecule has 0 spiro atoms. The number of carbonyl (C=O) groups excluding carboxylic acids is 1. The summed E-state index contributed by atoms with van der Waals surface area (Å²) >= 11 is 0. The predicted octanol–water partition coefficient (Wildman–Crippen LogP) is 1.77. The van der Waals surface area contributed by atoms with Crippen LogP contribution in [0.3, 0.4) is 0 Å². The van der Waals surface area contributed by atoms with E-state index >= 15 is 0 Å². The molecule has 1 unspecified atom stereocenters. The lowest BCUT2D eigenvalue weighted by Crippen LogP contribution is -2.30. The minimum absolute atomic E-state index is 0.120. The van der Waals surface area contributed by atoms with Gasteiger partial charge in [0.15, 0.2) is 5.65 Å². The summed E-state index contributed by atoms with van der Waals surface area (Å²) in [6.07, 6.45) is 4.85. The van der Waals surface area contributed by atoms with Crippen LogP contribution in [0, 0.1) is 0 Å². The molecule has 1 saturated heterocycles. The van der Waals surface area contributed by atoms with Crippen molar-refractivity contribution in [2.24, 2.45) is 0 Å². The third-order valence-corrected chi connectivity index (χ3v) is 4.45. The number of aromatic nitrogens is 4. The summed E-state index contributed by atoms with van der Waals surface area (Å²) in [5.74, 6) is 0.120. The molecule has 0 bridgehead atoms. The first kappa shape index (κ1) is 14.6. The number of aromatic amines is 1. The summed E-state index contributed by atoms with van der Waals surface area (Å²) in [5.41, 5.74) is 2.62. The number of carbonyl (C=O) groups is 1. The molecule has 0 radical (unpaired) electrons. The number of likely N-dealkylation sites (tertiary alicyclic amines) is 1. The van der Waals surface area contributed by atoms with Gasteiger partial charge in [-0.1, -0.05) is 0 Å². The maximum Gasteiger partial charge on any atom is 0.272 e. The van der Waals surface area contributed by atoms with Gasteiger partial charge < -0.3 is 4.90 Å². The number of nitrogens with one attached hydrogen (secondary N) is 1. The lowest BCUT2D eigenvalue weighted by molar-refractivity contribution is -0.129. The van der Waals surface area contributed by atoms with Crippen molar-refractivity contribution in [3.05, 3.63) is 52.7 Å². The lowest BCUT2D eigenvalue weighted by atomic mass is 10.2. The molecule has 0 saturated carbocycles. The summed E-state index contributed by atoms with van der Waals surface area (Å²) < 4.78 is 1.41. The summed E-state index contributed by atoms with van der Waals surface area (Å²) in [4.78, 5) is 34.8. The molecule has 3 aromatic rings. The van der Waals surface area contributed by atoms with Crippen LogP contribution in [0.15, 0.2) is 41.5 Å². The first-order valence-electron chi connectivity index (χ1n) is 7.96. The molecule has 1 aliphatic heterocycles. The Balaban J connectivity index is 1.77. The van der Waals surface area contributed by atoms with Crippen LogP contribution in [0.25, 0.3) is 16.9 Å². The second kappa shape index (κ2) is 5.59. The molecular formula is C17H17N5O2. The zero-order valence-corrected chi connectivity index (χ0v) is 13.3. The van der Waals surface area contributed by atoms with Gasteiger partial charge in [0.25, 0.3) is 5.56 Å². The van der Waals surface area contributed by atoms with Crippen LogP contribution in [0.4, 0.5) is 0 Å². The van der Waals surface area contributed by atoms with E-state index in [1.54, 1.807) is 17.3 Å². The second-order valence-electron chi connectivity index (χ2n) is 5.99. The van der Waals surface area contributed by atoms with Crippen molar-refractivity contribution in [1.82, 2.24) is 24.5 Å². The average Bonchev–Trinajstić information content (AvgIpc) is 3.21. The Morgan fingerprint density at radius 3 is 2.88 bits per heavy atom. The van der Waals surface area contributed by atoms with E-state index in [-0.39, 0.29) is 17.5 Å². The van der Waals surface area contributed by atoms with E-state index in [1.807, 2.05) is 25.1 Å². The molecule has 1 atom stereocenters. The third-order valence-electron chi connectivity index (χ3n) is 4.45. The molecule has 1 N–H and O–H groups in total. The highest BCUT2D eigenvalue weighted by Crippen LogP contribution is 2.24. The number of pyridine rings is 1. The van der Waals surface area contributed by atoms with Gasteiger partial charge in [0.1, 0.15) is 0 Å². The molecule has 7 heteroatoms. The Morgan fingerprint density at radius 2 is 2.17 bits per heavy atom. The maximum absolute atomic E-state index is 12.4. The number of H-pyrrole nitrogens is 1. The number of amides is 1. The fourth-order valence-electron chi connectivity index (χ4n) is 3.13. The van der Waals surface area contributed by atoms with Crippen molar-refractivity contribution in [2.75, 3.05) is 6.54 Å². The van der Waals surface area contributed by atoms with Gasteiger partial charge in [0.05, 0.1) is 17.4 Å². The lowest BCUT2D eigenvalue weighted by Gasteiger charge is -2.23. The van der Waals surface area contributed by atoms with Crippen LogP contribution in [0.1, 0.15) is 31.5 Å². The van der Waals surface area contributed by atoms with Crippen molar-refractivity contribution >= 4 is 11.6 Å². The number of hydrogen-bond acceptors (Lipinski definition) is 4. The number of nitrogens with zero attached hydrogens (tertiary/aromatic N) is 4. The van der Waals surface area contributed by atoms with Crippen LogP contribution < -0.4 is 5.56 Å². The molecule has 122 valence electrons. The Labute approximate surface area is 138 Å². The number of hydrogen-bond donors (Lipinski definition) is 1. The van der Waals surface area contributed by atoms with Crippen LogP contribution in [0.2, 0.25) is 0 Å².